The van der Waals surface area contributed by atoms with Crippen molar-refractivity contribution in [2.45, 2.75) is 13.0 Å². The Labute approximate surface area is 94.3 Å². The van der Waals surface area contributed by atoms with Crippen molar-refractivity contribution in [2.75, 3.05) is 11.2 Å². The van der Waals surface area contributed by atoms with Gasteiger partial charge in [-0.25, -0.2) is 4.98 Å². The summed E-state index contributed by atoms with van der Waals surface area (Å²) in [5.41, 5.74) is 0. The summed E-state index contributed by atoms with van der Waals surface area (Å²) in [5.74, 6) is 1.48. The smallest absolute Gasteiger partial charge is 0.134 e. The normalized spacial score (nSPS) is 12.7. The summed E-state index contributed by atoms with van der Waals surface area (Å²) in [7, 11) is 0. The minimum Gasteiger partial charge on any atom is -0.366 e. The van der Waals surface area contributed by atoms with E-state index >= 15 is 0 Å². The van der Waals surface area contributed by atoms with Crippen LogP contribution >= 0.6 is 11.6 Å². The van der Waals surface area contributed by atoms with Crippen LogP contribution in [0.4, 0.5) is 5.82 Å². The topological polar surface area (TPSA) is 24.9 Å². The molecule has 0 aliphatic rings. The lowest BCUT2D eigenvalue weighted by Gasteiger charge is -2.12. The molecule has 1 aromatic carbocycles. The van der Waals surface area contributed by atoms with Gasteiger partial charge in [0.1, 0.15) is 5.82 Å². The van der Waals surface area contributed by atoms with Crippen molar-refractivity contribution in [3.05, 3.63) is 36.5 Å². The second-order valence-electron chi connectivity index (χ2n) is 3.58. The van der Waals surface area contributed by atoms with E-state index in [1.807, 2.05) is 31.3 Å². The summed E-state index contributed by atoms with van der Waals surface area (Å²) in [6.45, 7) is 2.04. The number of benzene rings is 1. The van der Waals surface area contributed by atoms with Gasteiger partial charge in [0.2, 0.25) is 0 Å². The predicted octanol–water partition coefficient (Wildman–Crippen LogP) is 3.27. The predicted molar refractivity (Wildman–Crippen MR) is 65.5 cm³/mol. The Hall–Kier alpha value is -1.28. The number of anilines is 1. The number of fused-ring (bicyclic) bond motifs is 1. The molecule has 2 rings (SSSR count). The van der Waals surface area contributed by atoms with Crippen molar-refractivity contribution in [1.82, 2.24) is 4.98 Å². The average molecular weight is 221 g/mol. The van der Waals surface area contributed by atoms with E-state index in [0.717, 1.165) is 11.2 Å². The summed E-state index contributed by atoms with van der Waals surface area (Å²) in [4.78, 5) is 4.33. The number of halogens is 1. The molecular formula is C12H13ClN2. The number of aromatic nitrogens is 1. The van der Waals surface area contributed by atoms with Crippen LogP contribution in [0.2, 0.25) is 0 Å². The Bertz CT molecular complexity index is 451. The zero-order valence-corrected chi connectivity index (χ0v) is 9.33. The van der Waals surface area contributed by atoms with Gasteiger partial charge in [-0.3, -0.25) is 0 Å². The average Bonchev–Trinajstić information content (AvgIpc) is 2.29. The number of hydrogen-bond donors (Lipinski definition) is 1. The first-order valence-corrected chi connectivity index (χ1v) is 5.51. The van der Waals surface area contributed by atoms with Crippen molar-refractivity contribution in [3.63, 3.8) is 0 Å². The van der Waals surface area contributed by atoms with E-state index in [4.69, 9.17) is 11.6 Å². The minimum absolute atomic E-state index is 0.227. The first kappa shape index (κ1) is 10.2. The SMILES string of the molecule is CC(CCl)Nc1nccc2ccccc12. The Morgan fingerprint density at radius 3 is 2.93 bits per heavy atom. The van der Waals surface area contributed by atoms with Crippen LogP contribution in [0.25, 0.3) is 10.8 Å². The van der Waals surface area contributed by atoms with Crippen molar-refractivity contribution in [2.24, 2.45) is 0 Å². The van der Waals surface area contributed by atoms with Gasteiger partial charge in [0.25, 0.3) is 0 Å². The van der Waals surface area contributed by atoms with Crippen LogP contribution in [0.5, 0.6) is 0 Å². The Balaban J connectivity index is 2.42. The number of rotatable bonds is 3. The van der Waals surface area contributed by atoms with Gasteiger partial charge in [0, 0.05) is 23.5 Å². The van der Waals surface area contributed by atoms with Gasteiger partial charge in [0.15, 0.2) is 0 Å². The monoisotopic (exact) mass is 220 g/mol. The molecule has 0 fully saturated rings. The van der Waals surface area contributed by atoms with Crippen molar-refractivity contribution in [1.29, 1.82) is 0 Å². The molecule has 78 valence electrons. The highest BCUT2D eigenvalue weighted by molar-refractivity contribution is 6.18. The van der Waals surface area contributed by atoms with Crippen molar-refractivity contribution in [3.8, 4) is 0 Å². The van der Waals surface area contributed by atoms with Crippen LogP contribution in [0.3, 0.4) is 0 Å². The number of hydrogen-bond acceptors (Lipinski definition) is 2. The zero-order valence-electron chi connectivity index (χ0n) is 8.57. The maximum Gasteiger partial charge on any atom is 0.134 e. The molecule has 1 heterocycles. The molecule has 1 aromatic heterocycles. The highest BCUT2D eigenvalue weighted by Gasteiger charge is 2.04. The largest absolute Gasteiger partial charge is 0.366 e. The molecule has 3 heteroatoms. The van der Waals surface area contributed by atoms with Crippen LogP contribution in [0.1, 0.15) is 6.92 Å². The molecule has 1 N–H and O–H groups in total. The summed E-state index contributed by atoms with van der Waals surface area (Å²) >= 11 is 5.76. The van der Waals surface area contributed by atoms with E-state index in [-0.39, 0.29) is 6.04 Å². The second-order valence-corrected chi connectivity index (χ2v) is 3.89. The third-order valence-electron chi connectivity index (χ3n) is 2.29. The summed E-state index contributed by atoms with van der Waals surface area (Å²) in [6, 6.07) is 10.4. The molecule has 0 saturated carbocycles. The highest BCUT2D eigenvalue weighted by atomic mass is 35.5. The fraction of sp³-hybridized carbons (Fsp3) is 0.250. The lowest BCUT2D eigenvalue weighted by molar-refractivity contribution is 0.900. The summed E-state index contributed by atoms with van der Waals surface area (Å²) in [5, 5.41) is 5.62. The fourth-order valence-corrected chi connectivity index (χ4v) is 1.58. The van der Waals surface area contributed by atoms with Gasteiger partial charge < -0.3 is 5.32 Å². The van der Waals surface area contributed by atoms with Crippen LogP contribution < -0.4 is 5.32 Å². The maximum absolute atomic E-state index is 5.76. The van der Waals surface area contributed by atoms with Crippen LogP contribution in [0.15, 0.2) is 36.5 Å². The van der Waals surface area contributed by atoms with Gasteiger partial charge in [-0.15, -0.1) is 11.6 Å². The standard InChI is InChI=1S/C12H13ClN2/c1-9(8-13)15-12-11-5-3-2-4-10(11)6-7-14-12/h2-7,9H,8H2,1H3,(H,14,15). The molecule has 0 bridgehead atoms. The van der Waals surface area contributed by atoms with E-state index in [0.29, 0.717) is 5.88 Å². The maximum atomic E-state index is 5.76. The van der Waals surface area contributed by atoms with Crippen LogP contribution in [-0.4, -0.2) is 16.9 Å². The number of nitrogens with zero attached hydrogens (tertiary/aromatic N) is 1. The van der Waals surface area contributed by atoms with Crippen LogP contribution in [-0.2, 0) is 0 Å². The highest BCUT2D eigenvalue weighted by Crippen LogP contribution is 2.20. The van der Waals surface area contributed by atoms with E-state index in [1.165, 1.54) is 5.39 Å². The van der Waals surface area contributed by atoms with Gasteiger partial charge >= 0.3 is 0 Å². The number of nitrogens with one attached hydrogen (secondary N) is 1. The molecule has 1 unspecified atom stereocenters. The molecule has 0 aliphatic carbocycles. The van der Waals surface area contributed by atoms with Gasteiger partial charge in [-0.2, -0.15) is 0 Å². The third-order valence-corrected chi connectivity index (χ3v) is 2.75. The lowest BCUT2D eigenvalue weighted by atomic mass is 10.1. The first-order chi connectivity index (χ1) is 7.31. The second kappa shape index (κ2) is 4.49. The van der Waals surface area contributed by atoms with E-state index in [1.54, 1.807) is 0 Å². The molecule has 2 nitrogen and oxygen atoms in total. The van der Waals surface area contributed by atoms with E-state index in [2.05, 4.69) is 22.4 Å². The molecule has 0 saturated heterocycles. The van der Waals surface area contributed by atoms with E-state index in [9.17, 15) is 0 Å². The Morgan fingerprint density at radius 2 is 2.13 bits per heavy atom. The first-order valence-electron chi connectivity index (χ1n) is 4.97. The molecular weight excluding hydrogens is 208 g/mol. The van der Waals surface area contributed by atoms with E-state index < -0.39 is 0 Å². The molecule has 0 amide bonds. The molecule has 0 aliphatic heterocycles. The van der Waals surface area contributed by atoms with Crippen molar-refractivity contribution >= 4 is 28.2 Å². The minimum atomic E-state index is 0.227. The molecule has 2 aromatic rings. The fourth-order valence-electron chi connectivity index (χ4n) is 1.51. The number of pyridine rings is 1. The Morgan fingerprint density at radius 1 is 1.33 bits per heavy atom. The molecule has 1 atom stereocenters. The zero-order chi connectivity index (χ0) is 10.7. The van der Waals surface area contributed by atoms with Gasteiger partial charge in [-0.1, -0.05) is 24.3 Å². The Kier molecular flexibility index (Phi) is 3.07. The molecule has 15 heavy (non-hydrogen) atoms. The number of alkyl halides is 1. The lowest BCUT2D eigenvalue weighted by Crippen LogP contribution is -2.17. The van der Waals surface area contributed by atoms with Crippen LogP contribution in [0, 0.1) is 0 Å². The third kappa shape index (κ3) is 2.21. The quantitative estimate of drug-likeness (QED) is 0.804. The molecule has 0 spiro atoms. The van der Waals surface area contributed by atoms with Crippen molar-refractivity contribution < 1.29 is 0 Å². The van der Waals surface area contributed by atoms with Gasteiger partial charge in [0.05, 0.1) is 0 Å². The van der Waals surface area contributed by atoms with Gasteiger partial charge in [-0.05, 0) is 18.4 Å². The summed E-state index contributed by atoms with van der Waals surface area (Å²) in [6.07, 6.45) is 1.81. The molecule has 0 radical (unpaired) electrons. The summed E-state index contributed by atoms with van der Waals surface area (Å²) < 4.78 is 0.